The Morgan fingerprint density at radius 2 is 1.71 bits per heavy atom. The first-order chi connectivity index (χ1) is 15.1. The van der Waals surface area contributed by atoms with Crippen molar-refractivity contribution in [2.24, 2.45) is 0 Å². The fourth-order valence-corrected chi connectivity index (χ4v) is 3.59. The molecule has 0 unspecified atom stereocenters. The first-order valence-electron chi connectivity index (χ1n) is 10.5. The number of nitrogens with one attached hydrogen (secondary N) is 1. The van der Waals surface area contributed by atoms with Crippen LogP contribution in [0, 0.1) is 0 Å². The monoisotopic (exact) mass is 417 g/mol. The first kappa shape index (κ1) is 20.8. The lowest BCUT2D eigenvalue weighted by atomic mass is 10.1. The number of anilines is 1. The number of nitrogens with zero attached hydrogens (tertiary/aromatic N) is 4. The number of carbonyl (C=O) groups excluding carboxylic acids is 1. The maximum Gasteiger partial charge on any atom is 0.253 e. The summed E-state index contributed by atoms with van der Waals surface area (Å²) in [6, 6.07) is 16.7. The topological polar surface area (TPSA) is 81.6 Å². The molecular weight excluding hydrogens is 390 g/mol. The van der Waals surface area contributed by atoms with Gasteiger partial charge in [0.1, 0.15) is 17.9 Å². The van der Waals surface area contributed by atoms with Gasteiger partial charge in [-0.1, -0.05) is 24.3 Å². The third-order valence-corrected chi connectivity index (χ3v) is 5.54. The Balaban J connectivity index is 1.37. The quantitative estimate of drug-likeness (QED) is 0.642. The van der Waals surface area contributed by atoms with Crippen molar-refractivity contribution in [3.8, 4) is 17.0 Å². The Kier molecular flexibility index (Phi) is 6.43. The van der Waals surface area contributed by atoms with Crippen molar-refractivity contribution in [3.63, 3.8) is 0 Å². The Hall–Kier alpha value is -3.45. The van der Waals surface area contributed by atoms with E-state index in [1.807, 2.05) is 47.4 Å². The second-order valence-corrected chi connectivity index (χ2v) is 7.80. The zero-order valence-corrected chi connectivity index (χ0v) is 17.7. The van der Waals surface area contributed by atoms with Crippen molar-refractivity contribution in [2.75, 3.05) is 45.1 Å². The molecule has 0 bridgehead atoms. The van der Waals surface area contributed by atoms with Crippen LogP contribution in [0.1, 0.15) is 15.9 Å². The molecule has 0 spiro atoms. The van der Waals surface area contributed by atoms with Crippen LogP contribution in [0.5, 0.6) is 5.75 Å². The molecule has 1 saturated heterocycles. The number of piperazine rings is 1. The zero-order chi connectivity index (χ0) is 21.6. The van der Waals surface area contributed by atoms with E-state index in [1.165, 1.54) is 0 Å². The average molecular weight is 418 g/mol. The van der Waals surface area contributed by atoms with Gasteiger partial charge in [-0.05, 0) is 43.3 Å². The van der Waals surface area contributed by atoms with Gasteiger partial charge >= 0.3 is 0 Å². The van der Waals surface area contributed by atoms with E-state index in [0.29, 0.717) is 5.56 Å². The van der Waals surface area contributed by atoms with Gasteiger partial charge in [0, 0.05) is 49.9 Å². The van der Waals surface area contributed by atoms with Crippen LogP contribution in [0.3, 0.4) is 0 Å². The SMILES string of the molecule is CN1CCN(C(=O)c2ccc(-c3cc(NCCc4ccc(O)cc4)ncn3)cc2)CC1. The maximum absolute atomic E-state index is 12.7. The normalized spacial score (nSPS) is 14.4. The summed E-state index contributed by atoms with van der Waals surface area (Å²) in [5.74, 6) is 1.11. The Bertz CT molecular complexity index is 1010. The van der Waals surface area contributed by atoms with E-state index in [2.05, 4.69) is 27.2 Å². The third kappa shape index (κ3) is 5.38. The molecule has 2 aromatic carbocycles. The lowest BCUT2D eigenvalue weighted by Crippen LogP contribution is -2.47. The van der Waals surface area contributed by atoms with Gasteiger partial charge in [-0.2, -0.15) is 0 Å². The molecule has 160 valence electrons. The summed E-state index contributed by atoms with van der Waals surface area (Å²) in [6.07, 6.45) is 2.37. The number of likely N-dealkylation sites (N-methyl/N-ethyl adjacent to an activating group) is 1. The molecule has 1 aromatic heterocycles. The number of carbonyl (C=O) groups is 1. The lowest BCUT2D eigenvalue weighted by Gasteiger charge is -2.32. The minimum absolute atomic E-state index is 0.0823. The fourth-order valence-electron chi connectivity index (χ4n) is 3.59. The smallest absolute Gasteiger partial charge is 0.253 e. The van der Waals surface area contributed by atoms with Crippen LogP contribution < -0.4 is 5.32 Å². The molecular formula is C24H27N5O2. The predicted octanol–water partition coefficient (Wildman–Crippen LogP) is 2.89. The zero-order valence-electron chi connectivity index (χ0n) is 17.7. The summed E-state index contributed by atoms with van der Waals surface area (Å²) in [7, 11) is 2.08. The lowest BCUT2D eigenvalue weighted by molar-refractivity contribution is 0.0664. The number of phenolic OH excluding ortho intramolecular Hbond substituents is 1. The second-order valence-electron chi connectivity index (χ2n) is 7.80. The average Bonchev–Trinajstić information content (AvgIpc) is 2.81. The number of amides is 1. The highest BCUT2D eigenvalue weighted by atomic mass is 16.3. The molecule has 4 rings (SSSR count). The highest BCUT2D eigenvalue weighted by Gasteiger charge is 2.20. The number of hydrogen-bond donors (Lipinski definition) is 2. The molecule has 1 fully saturated rings. The second kappa shape index (κ2) is 9.57. The summed E-state index contributed by atoms with van der Waals surface area (Å²) in [5.41, 5.74) is 3.59. The first-order valence-corrected chi connectivity index (χ1v) is 10.5. The summed E-state index contributed by atoms with van der Waals surface area (Å²) < 4.78 is 0. The van der Waals surface area contributed by atoms with Crippen LogP contribution in [0.4, 0.5) is 5.82 Å². The number of rotatable bonds is 6. The Morgan fingerprint density at radius 1 is 1.00 bits per heavy atom. The van der Waals surface area contributed by atoms with Gasteiger partial charge in [-0.15, -0.1) is 0 Å². The van der Waals surface area contributed by atoms with Crippen LogP contribution in [0.25, 0.3) is 11.3 Å². The van der Waals surface area contributed by atoms with E-state index >= 15 is 0 Å². The van der Waals surface area contributed by atoms with E-state index in [9.17, 15) is 9.90 Å². The molecule has 1 aliphatic heterocycles. The minimum atomic E-state index is 0.0823. The molecule has 7 heteroatoms. The van der Waals surface area contributed by atoms with E-state index in [-0.39, 0.29) is 11.7 Å². The minimum Gasteiger partial charge on any atom is -0.508 e. The summed E-state index contributed by atoms with van der Waals surface area (Å²) in [5, 5.41) is 12.7. The van der Waals surface area contributed by atoms with Gasteiger partial charge in [0.2, 0.25) is 0 Å². The fraction of sp³-hybridized carbons (Fsp3) is 0.292. The molecule has 2 N–H and O–H groups in total. The predicted molar refractivity (Wildman–Crippen MR) is 121 cm³/mol. The summed E-state index contributed by atoms with van der Waals surface area (Å²) in [6.45, 7) is 4.07. The molecule has 2 heterocycles. The van der Waals surface area contributed by atoms with Crippen molar-refractivity contribution >= 4 is 11.7 Å². The number of aromatic hydroxyl groups is 1. The molecule has 1 amide bonds. The number of benzene rings is 2. The Morgan fingerprint density at radius 3 is 2.42 bits per heavy atom. The third-order valence-electron chi connectivity index (χ3n) is 5.54. The van der Waals surface area contributed by atoms with Crippen LogP contribution >= 0.6 is 0 Å². The molecule has 0 radical (unpaired) electrons. The standard InChI is InChI=1S/C24H27N5O2/c1-28-12-14-29(15-13-28)24(31)20-6-4-19(5-7-20)22-16-23(27-17-26-22)25-11-10-18-2-8-21(30)9-3-18/h2-9,16-17,30H,10-15H2,1H3,(H,25,26,27). The highest BCUT2D eigenvalue weighted by Crippen LogP contribution is 2.20. The highest BCUT2D eigenvalue weighted by molar-refractivity contribution is 5.94. The number of phenols is 1. The van der Waals surface area contributed by atoms with Crippen molar-refractivity contribution in [1.82, 2.24) is 19.8 Å². The molecule has 0 aliphatic carbocycles. The van der Waals surface area contributed by atoms with Gasteiger partial charge in [-0.25, -0.2) is 9.97 Å². The van der Waals surface area contributed by atoms with Crippen molar-refractivity contribution in [3.05, 3.63) is 72.1 Å². The van der Waals surface area contributed by atoms with Crippen LogP contribution in [-0.4, -0.2) is 70.6 Å². The largest absolute Gasteiger partial charge is 0.508 e. The van der Waals surface area contributed by atoms with Crippen molar-refractivity contribution < 1.29 is 9.90 Å². The number of hydrogen-bond acceptors (Lipinski definition) is 6. The molecule has 31 heavy (non-hydrogen) atoms. The maximum atomic E-state index is 12.7. The van der Waals surface area contributed by atoms with Crippen LogP contribution in [0.15, 0.2) is 60.9 Å². The molecule has 1 aliphatic rings. The van der Waals surface area contributed by atoms with E-state index in [1.54, 1.807) is 18.5 Å². The van der Waals surface area contributed by atoms with E-state index in [4.69, 9.17) is 0 Å². The van der Waals surface area contributed by atoms with Crippen molar-refractivity contribution in [2.45, 2.75) is 6.42 Å². The number of aromatic nitrogens is 2. The van der Waals surface area contributed by atoms with E-state index < -0.39 is 0 Å². The molecule has 7 nitrogen and oxygen atoms in total. The van der Waals surface area contributed by atoms with Crippen LogP contribution in [-0.2, 0) is 6.42 Å². The van der Waals surface area contributed by atoms with Gasteiger partial charge in [0.15, 0.2) is 0 Å². The van der Waals surface area contributed by atoms with Crippen molar-refractivity contribution in [1.29, 1.82) is 0 Å². The molecule has 0 atom stereocenters. The van der Waals surface area contributed by atoms with Gasteiger partial charge in [0.25, 0.3) is 5.91 Å². The van der Waals surface area contributed by atoms with E-state index in [0.717, 1.165) is 61.8 Å². The summed E-state index contributed by atoms with van der Waals surface area (Å²) in [4.78, 5) is 25.5. The molecule has 0 saturated carbocycles. The Labute approximate surface area is 182 Å². The van der Waals surface area contributed by atoms with Gasteiger partial charge in [0.05, 0.1) is 5.69 Å². The van der Waals surface area contributed by atoms with Crippen LogP contribution in [0.2, 0.25) is 0 Å². The van der Waals surface area contributed by atoms with Gasteiger partial charge in [-0.3, -0.25) is 4.79 Å². The van der Waals surface area contributed by atoms with Gasteiger partial charge < -0.3 is 20.2 Å². The molecule has 3 aromatic rings. The summed E-state index contributed by atoms with van der Waals surface area (Å²) >= 11 is 0.